The van der Waals surface area contributed by atoms with Crippen LogP contribution in [0, 0.1) is 5.92 Å². The Morgan fingerprint density at radius 3 is 2.18 bits per heavy atom. The van der Waals surface area contributed by atoms with Crippen LogP contribution < -0.4 is 5.32 Å². The lowest BCUT2D eigenvalue weighted by Crippen LogP contribution is -2.26. The molecule has 0 fully saturated rings. The van der Waals surface area contributed by atoms with Gasteiger partial charge in [-0.1, -0.05) is 19.9 Å². The van der Waals surface area contributed by atoms with Crippen molar-refractivity contribution in [1.82, 2.24) is 5.32 Å². The van der Waals surface area contributed by atoms with Gasteiger partial charge in [0.25, 0.3) is 0 Å². The lowest BCUT2D eigenvalue weighted by Gasteiger charge is -2.02. The fourth-order valence-corrected chi connectivity index (χ4v) is 0.378. The van der Waals surface area contributed by atoms with Gasteiger partial charge in [-0.15, -0.1) is 6.58 Å². The minimum atomic E-state index is 0. The van der Waals surface area contributed by atoms with Crippen LogP contribution in [0.5, 0.6) is 0 Å². The van der Waals surface area contributed by atoms with Gasteiger partial charge in [0, 0.05) is 13.9 Å². The Labute approximate surface area is 71.2 Å². The summed E-state index contributed by atoms with van der Waals surface area (Å²) in [5.41, 5.74) is 0. The van der Waals surface area contributed by atoms with E-state index in [2.05, 4.69) is 11.9 Å². The minimum Gasteiger partial charge on any atom is -0.356 e. The molecule has 0 aromatic rings. The molecule has 0 bridgehead atoms. The van der Waals surface area contributed by atoms with Crippen LogP contribution in [0.15, 0.2) is 12.7 Å². The Bertz CT molecular complexity index is 113. The number of hydrogen-bond donors (Lipinski definition) is 1. The van der Waals surface area contributed by atoms with Gasteiger partial charge in [-0.25, -0.2) is 0 Å². The zero-order valence-electron chi connectivity index (χ0n) is 7.98. The first kappa shape index (κ1) is 12.8. The highest BCUT2D eigenvalue weighted by Gasteiger charge is 2.02. The number of carbonyl (C=O) groups is 1. The molecule has 0 radical (unpaired) electrons. The van der Waals surface area contributed by atoms with Crippen LogP contribution in [0.25, 0.3) is 0 Å². The van der Waals surface area contributed by atoms with Crippen LogP contribution in [0.1, 0.15) is 29.1 Å². The Morgan fingerprint density at radius 2 is 2.09 bits per heavy atom. The van der Waals surface area contributed by atoms with Crippen molar-refractivity contribution in [2.24, 2.45) is 5.92 Å². The van der Waals surface area contributed by atoms with Gasteiger partial charge in [0.15, 0.2) is 0 Å². The summed E-state index contributed by atoms with van der Waals surface area (Å²) < 4.78 is 0. The van der Waals surface area contributed by atoms with Crippen molar-refractivity contribution in [3.63, 3.8) is 0 Å². The molecule has 0 aromatic carbocycles. The van der Waals surface area contributed by atoms with Crippen LogP contribution in [0.3, 0.4) is 0 Å². The molecule has 11 heavy (non-hydrogen) atoms. The maximum atomic E-state index is 10.6. The number of amides is 1. The summed E-state index contributed by atoms with van der Waals surface area (Å²) >= 11 is 0. The first-order chi connectivity index (χ1) is 5.09. The van der Waals surface area contributed by atoms with Gasteiger partial charge in [0.05, 0.1) is 0 Å². The van der Waals surface area contributed by atoms with E-state index in [-0.39, 0.29) is 13.3 Å². The monoisotopic (exact) mass is 159 g/mol. The highest BCUT2D eigenvalue weighted by Crippen LogP contribution is 1.88. The third-order valence-corrected chi connectivity index (χ3v) is 0.875. The molecule has 1 N–H and O–H groups in total. The first-order valence-corrected chi connectivity index (χ1v) is 3.94. The molecule has 0 rings (SSSR count). The van der Waals surface area contributed by atoms with Crippen LogP contribution in [0.4, 0.5) is 0 Å². The second kappa shape index (κ2) is 9.21. The fraction of sp³-hybridized carbons (Fsp3) is 0.667. The molecule has 0 aromatic heterocycles. The van der Waals surface area contributed by atoms with E-state index in [1.807, 2.05) is 27.7 Å². The topological polar surface area (TPSA) is 29.1 Å². The predicted molar refractivity (Wildman–Crippen MR) is 51.5 cm³/mol. The van der Waals surface area contributed by atoms with E-state index in [0.29, 0.717) is 0 Å². The van der Waals surface area contributed by atoms with Crippen LogP contribution in [-0.4, -0.2) is 12.5 Å². The van der Waals surface area contributed by atoms with E-state index >= 15 is 0 Å². The molecule has 0 saturated heterocycles. The van der Waals surface area contributed by atoms with E-state index in [1.54, 1.807) is 6.08 Å². The summed E-state index contributed by atoms with van der Waals surface area (Å²) in [6, 6.07) is 0. The molecular weight excluding hydrogens is 138 g/mol. The molecule has 0 spiro atoms. The average Bonchev–Trinajstić information content (AvgIpc) is 1.90. The number of allylic oxidation sites excluding steroid dienone is 1. The number of nitrogens with one attached hydrogen (secondary N) is 1. The molecule has 0 aliphatic heterocycles. The third kappa shape index (κ3) is 12.4. The molecule has 0 saturated carbocycles. The molecule has 0 heterocycles. The average molecular weight is 159 g/mol. The van der Waals surface area contributed by atoms with E-state index in [4.69, 9.17) is 0 Å². The first-order valence-electron chi connectivity index (χ1n) is 3.94. The predicted octanol–water partition coefficient (Wildman–Crippen LogP) is 2.22. The lowest BCUT2D eigenvalue weighted by molar-refractivity contribution is -0.123. The summed E-state index contributed by atoms with van der Waals surface area (Å²) in [7, 11) is 0. The minimum absolute atomic E-state index is 0. The van der Waals surface area contributed by atoms with Gasteiger partial charge in [0.1, 0.15) is 0 Å². The maximum Gasteiger partial charge on any atom is 0.222 e. The van der Waals surface area contributed by atoms with Crippen molar-refractivity contribution in [2.45, 2.75) is 27.7 Å². The van der Waals surface area contributed by atoms with Gasteiger partial charge in [-0.2, -0.15) is 0 Å². The molecule has 1 amide bonds. The second-order valence-corrected chi connectivity index (χ2v) is 2.46. The Hall–Kier alpha value is -0.790. The van der Waals surface area contributed by atoms with Crippen LogP contribution in [0.2, 0.25) is 0 Å². The normalized spacial score (nSPS) is 8.09. The molecule has 0 aliphatic carbocycles. The van der Waals surface area contributed by atoms with Gasteiger partial charge in [-0.3, -0.25) is 4.79 Å². The zero-order chi connectivity index (χ0) is 9.28. The van der Waals surface area contributed by atoms with Crippen molar-refractivity contribution >= 4 is 5.91 Å². The summed E-state index contributed by atoms with van der Waals surface area (Å²) in [6.07, 6.45) is 1.75. The highest BCUT2D eigenvalue weighted by atomic mass is 16.1. The maximum absolute atomic E-state index is 10.6. The largest absolute Gasteiger partial charge is 0.356 e. The van der Waals surface area contributed by atoms with Gasteiger partial charge in [0.2, 0.25) is 5.91 Å². The van der Waals surface area contributed by atoms with Gasteiger partial charge in [-0.05, 0) is 13.8 Å². The zero-order valence-corrected chi connectivity index (χ0v) is 7.98. The van der Waals surface area contributed by atoms with Gasteiger partial charge >= 0.3 is 0 Å². The van der Waals surface area contributed by atoms with E-state index < -0.39 is 0 Å². The SMILES string of the molecule is C=CC.CCNC(=O)C(C)C.[HH]. The van der Waals surface area contributed by atoms with Crippen molar-refractivity contribution < 1.29 is 6.22 Å². The molecule has 0 aliphatic rings. The van der Waals surface area contributed by atoms with Crippen molar-refractivity contribution in [3.05, 3.63) is 12.7 Å². The Morgan fingerprint density at radius 1 is 1.73 bits per heavy atom. The second-order valence-electron chi connectivity index (χ2n) is 2.46. The number of carbonyl (C=O) groups excluding carboxylic acids is 1. The molecule has 2 heteroatoms. The van der Waals surface area contributed by atoms with Crippen molar-refractivity contribution in [1.29, 1.82) is 0 Å². The van der Waals surface area contributed by atoms with E-state index in [9.17, 15) is 4.79 Å². The van der Waals surface area contributed by atoms with Gasteiger partial charge < -0.3 is 5.32 Å². The van der Waals surface area contributed by atoms with E-state index in [0.717, 1.165) is 6.54 Å². The smallest absolute Gasteiger partial charge is 0.222 e. The quantitative estimate of drug-likeness (QED) is 0.615. The highest BCUT2D eigenvalue weighted by molar-refractivity contribution is 5.77. The lowest BCUT2D eigenvalue weighted by atomic mass is 10.2. The summed E-state index contributed by atoms with van der Waals surface area (Å²) in [5, 5.41) is 2.71. The number of rotatable bonds is 2. The van der Waals surface area contributed by atoms with E-state index in [1.165, 1.54) is 0 Å². The van der Waals surface area contributed by atoms with Crippen LogP contribution >= 0.6 is 0 Å². The third-order valence-electron chi connectivity index (χ3n) is 0.875. The summed E-state index contributed by atoms with van der Waals surface area (Å²) in [5.74, 6) is 0.252. The summed E-state index contributed by atoms with van der Waals surface area (Å²) in [6.45, 7) is 11.7. The molecule has 2 nitrogen and oxygen atoms in total. The van der Waals surface area contributed by atoms with Crippen molar-refractivity contribution in [3.8, 4) is 0 Å². The Kier molecular flexibility index (Phi) is 10.8. The van der Waals surface area contributed by atoms with Crippen molar-refractivity contribution in [2.75, 3.05) is 6.54 Å². The van der Waals surface area contributed by atoms with Crippen LogP contribution in [-0.2, 0) is 4.79 Å². The number of hydrogen-bond acceptors (Lipinski definition) is 1. The fourth-order valence-electron chi connectivity index (χ4n) is 0.378. The standard InChI is InChI=1S/C6H13NO.C3H6.H2/c1-4-7-6(8)5(2)3;1-3-2;/h5H,4H2,1-3H3,(H,7,8);3H,1H2,2H3;1H. The summed E-state index contributed by atoms with van der Waals surface area (Å²) in [4.78, 5) is 10.6. The Balaban J connectivity index is -0.000000177. The molecule has 68 valence electrons. The molecule has 0 unspecified atom stereocenters. The molecular formula is C9H21NO. The molecule has 0 atom stereocenters.